The molecule has 4 unspecified atom stereocenters. The smallest absolute Gasteiger partial charge is 0.227 e. The fourth-order valence-electron chi connectivity index (χ4n) is 3.93. The Morgan fingerprint density at radius 3 is 2.70 bits per heavy atom. The quantitative estimate of drug-likeness (QED) is 0.882. The van der Waals surface area contributed by atoms with Crippen molar-refractivity contribution in [3.8, 4) is 5.75 Å². The normalized spacial score (nSPS) is 31.5. The lowest BCUT2D eigenvalue weighted by atomic mass is 9.84. The molecule has 108 valence electrons. The van der Waals surface area contributed by atoms with Gasteiger partial charge in [-0.25, -0.2) is 0 Å². The number of phenolic OH excluding ortho intramolecular Hbond substituents is 1. The third kappa shape index (κ3) is 2.18. The lowest BCUT2D eigenvalue weighted by Crippen LogP contribution is -2.45. The van der Waals surface area contributed by atoms with Crippen molar-refractivity contribution in [3.63, 3.8) is 0 Å². The Balaban J connectivity index is 1.70. The number of para-hydroxylation sites is 1. The molecule has 2 bridgehead atoms. The van der Waals surface area contributed by atoms with E-state index in [0.717, 1.165) is 18.4 Å². The third-order valence-corrected chi connectivity index (χ3v) is 5.04. The van der Waals surface area contributed by atoms with Crippen molar-refractivity contribution in [2.45, 2.75) is 31.8 Å². The molecule has 2 saturated carbocycles. The molecule has 0 radical (unpaired) electrons. The van der Waals surface area contributed by atoms with E-state index in [0.29, 0.717) is 18.4 Å². The lowest BCUT2D eigenvalue weighted by Gasteiger charge is -2.31. The molecule has 20 heavy (non-hydrogen) atoms. The molecule has 4 heteroatoms. The van der Waals surface area contributed by atoms with Crippen LogP contribution in [0, 0.1) is 17.8 Å². The monoisotopic (exact) mass is 274 g/mol. The third-order valence-electron chi connectivity index (χ3n) is 5.04. The van der Waals surface area contributed by atoms with Gasteiger partial charge in [0.25, 0.3) is 0 Å². The fraction of sp³-hybridized carbons (Fsp3) is 0.562. The first kappa shape index (κ1) is 13.4. The number of aromatic hydroxyl groups is 1. The molecule has 0 aliphatic heterocycles. The summed E-state index contributed by atoms with van der Waals surface area (Å²) >= 11 is 0. The minimum absolute atomic E-state index is 0.0214. The van der Waals surface area contributed by atoms with E-state index in [4.69, 9.17) is 5.73 Å². The molecular formula is C16H22N2O2. The summed E-state index contributed by atoms with van der Waals surface area (Å²) in [5.74, 6) is 1.35. The van der Waals surface area contributed by atoms with Crippen molar-refractivity contribution in [1.82, 2.24) is 4.90 Å². The van der Waals surface area contributed by atoms with Gasteiger partial charge in [-0.15, -0.1) is 0 Å². The van der Waals surface area contributed by atoms with Gasteiger partial charge < -0.3 is 15.7 Å². The van der Waals surface area contributed by atoms with Crippen molar-refractivity contribution >= 4 is 5.91 Å². The lowest BCUT2D eigenvalue weighted by molar-refractivity contribution is -0.137. The van der Waals surface area contributed by atoms with Gasteiger partial charge in [-0.1, -0.05) is 18.2 Å². The predicted molar refractivity (Wildman–Crippen MR) is 76.9 cm³/mol. The maximum absolute atomic E-state index is 12.6. The molecule has 1 amide bonds. The highest BCUT2D eigenvalue weighted by Crippen LogP contribution is 2.48. The Bertz CT molecular complexity index is 515. The van der Waals surface area contributed by atoms with Crippen LogP contribution in [0.3, 0.4) is 0 Å². The van der Waals surface area contributed by atoms with Crippen LogP contribution in [-0.2, 0) is 11.3 Å². The van der Waals surface area contributed by atoms with E-state index in [1.54, 1.807) is 24.1 Å². The number of carbonyl (C=O) groups is 1. The first-order chi connectivity index (χ1) is 9.58. The van der Waals surface area contributed by atoms with Crippen molar-refractivity contribution in [1.29, 1.82) is 0 Å². The number of hydrogen-bond acceptors (Lipinski definition) is 3. The maximum atomic E-state index is 12.6. The first-order valence-electron chi connectivity index (χ1n) is 7.35. The van der Waals surface area contributed by atoms with E-state index in [2.05, 4.69) is 0 Å². The minimum Gasteiger partial charge on any atom is -0.508 e. The van der Waals surface area contributed by atoms with Gasteiger partial charge in [-0.2, -0.15) is 0 Å². The van der Waals surface area contributed by atoms with Gasteiger partial charge in [0.05, 0.1) is 5.92 Å². The van der Waals surface area contributed by atoms with E-state index in [1.807, 2.05) is 12.1 Å². The Hall–Kier alpha value is -1.55. The van der Waals surface area contributed by atoms with Gasteiger partial charge in [0.1, 0.15) is 5.75 Å². The Kier molecular flexibility index (Phi) is 3.42. The van der Waals surface area contributed by atoms with Gasteiger partial charge >= 0.3 is 0 Å². The van der Waals surface area contributed by atoms with E-state index in [-0.39, 0.29) is 23.6 Å². The van der Waals surface area contributed by atoms with Crippen LogP contribution in [-0.4, -0.2) is 29.0 Å². The van der Waals surface area contributed by atoms with Crippen LogP contribution >= 0.6 is 0 Å². The second-order valence-electron chi connectivity index (χ2n) is 6.26. The molecule has 3 rings (SSSR count). The van der Waals surface area contributed by atoms with E-state index < -0.39 is 0 Å². The summed E-state index contributed by atoms with van der Waals surface area (Å²) in [5.41, 5.74) is 7.01. The molecule has 1 aromatic carbocycles. The topological polar surface area (TPSA) is 66.6 Å². The summed E-state index contributed by atoms with van der Waals surface area (Å²) in [6.07, 6.45) is 3.43. The van der Waals surface area contributed by atoms with Crippen LogP contribution in [0.5, 0.6) is 5.75 Å². The maximum Gasteiger partial charge on any atom is 0.227 e. The van der Waals surface area contributed by atoms with Crippen molar-refractivity contribution in [2.75, 3.05) is 7.05 Å². The van der Waals surface area contributed by atoms with Gasteiger partial charge in [0.2, 0.25) is 5.91 Å². The van der Waals surface area contributed by atoms with Crippen LogP contribution in [0.25, 0.3) is 0 Å². The fourth-order valence-corrected chi connectivity index (χ4v) is 3.93. The van der Waals surface area contributed by atoms with Crippen LogP contribution in [0.2, 0.25) is 0 Å². The van der Waals surface area contributed by atoms with E-state index in [9.17, 15) is 9.90 Å². The summed E-state index contributed by atoms with van der Waals surface area (Å²) in [4.78, 5) is 14.3. The second kappa shape index (κ2) is 5.09. The highest BCUT2D eigenvalue weighted by molar-refractivity contribution is 5.80. The molecular weight excluding hydrogens is 252 g/mol. The molecule has 0 saturated heterocycles. The largest absolute Gasteiger partial charge is 0.508 e. The average molecular weight is 274 g/mol. The molecule has 3 N–H and O–H groups in total. The molecule has 0 heterocycles. The number of benzene rings is 1. The van der Waals surface area contributed by atoms with Crippen LogP contribution < -0.4 is 5.73 Å². The molecule has 0 spiro atoms. The Morgan fingerprint density at radius 2 is 2.05 bits per heavy atom. The Labute approximate surface area is 119 Å². The number of fused-ring (bicyclic) bond motifs is 2. The molecule has 2 aliphatic rings. The summed E-state index contributed by atoms with van der Waals surface area (Å²) in [6.45, 7) is 0.437. The van der Waals surface area contributed by atoms with Crippen molar-refractivity contribution < 1.29 is 9.90 Å². The molecule has 0 aromatic heterocycles. The molecule has 4 atom stereocenters. The van der Waals surface area contributed by atoms with Gasteiger partial charge in [0, 0.05) is 25.2 Å². The first-order valence-corrected chi connectivity index (χ1v) is 7.35. The zero-order valence-electron chi connectivity index (χ0n) is 11.8. The van der Waals surface area contributed by atoms with Crippen molar-refractivity contribution in [2.24, 2.45) is 23.5 Å². The number of rotatable bonds is 3. The van der Waals surface area contributed by atoms with Crippen molar-refractivity contribution in [3.05, 3.63) is 29.8 Å². The highest BCUT2D eigenvalue weighted by atomic mass is 16.3. The number of phenols is 1. The summed E-state index contributed by atoms with van der Waals surface area (Å²) in [6, 6.07) is 7.17. The number of nitrogens with two attached hydrogens (primary N) is 1. The average Bonchev–Trinajstić information content (AvgIpc) is 3.01. The second-order valence-corrected chi connectivity index (χ2v) is 6.26. The predicted octanol–water partition coefficient (Wildman–Crippen LogP) is 1.72. The summed E-state index contributed by atoms with van der Waals surface area (Å²) < 4.78 is 0. The molecule has 1 aromatic rings. The molecule has 2 fully saturated rings. The number of nitrogens with zero attached hydrogens (tertiary/aromatic N) is 1. The van der Waals surface area contributed by atoms with Gasteiger partial charge in [-0.3, -0.25) is 4.79 Å². The zero-order valence-corrected chi connectivity index (χ0v) is 11.8. The van der Waals surface area contributed by atoms with E-state index in [1.165, 1.54) is 6.42 Å². The number of hydrogen-bond donors (Lipinski definition) is 2. The molecule has 2 aliphatic carbocycles. The van der Waals surface area contributed by atoms with Gasteiger partial charge in [0.15, 0.2) is 0 Å². The Morgan fingerprint density at radius 1 is 1.35 bits per heavy atom. The minimum atomic E-state index is -0.0235. The zero-order chi connectivity index (χ0) is 14.3. The highest BCUT2D eigenvalue weighted by Gasteiger charge is 2.49. The standard InChI is InChI=1S/C16H22N2O2/c1-18(9-12-4-2-3-5-13(12)19)16(20)14-10-6-7-11(8-10)15(14)17/h2-5,10-11,14-15,19H,6-9,17H2,1H3. The summed E-state index contributed by atoms with van der Waals surface area (Å²) in [5, 5.41) is 9.80. The SMILES string of the molecule is CN(Cc1ccccc1O)C(=O)C1C2CCC(C2)C1N. The number of carbonyl (C=O) groups excluding carboxylic acids is 1. The summed E-state index contributed by atoms with van der Waals surface area (Å²) in [7, 11) is 1.80. The van der Waals surface area contributed by atoms with Crippen LogP contribution in [0.1, 0.15) is 24.8 Å². The van der Waals surface area contributed by atoms with Gasteiger partial charge in [-0.05, 0) is 37.2 Å². The van der Waals surface area contributed by atoms with Crippen LogP contribution in [0.4, 0.5) is 0 Å². The van der Waals surface area contributed by atoms with E-state index >= 15 is 0 Å². The van der Waals surface area contributed by atoms with Crippen LogP contribution in [0.15, 0.2) is 24.3 Å². The number of amides is 1. The molecule has 4 nitrogen and oxygen atoms in total.